The van der Waals surface area contributed by atoms with E-state index in [-0.39, 0.29) is 43.4 Å². The third-order valence-electron chi connectivity index (χ3n) is 6.04. The number of nitrogens with zero attached hydrogens (tertiary/aromatic N) is 2. The molecule has 0 aromatic heterocycles. The lowest BCUT2D eigenvalue weighted by atomic mass is 10.1. The molecule has 0 spiro atoms. The average Bonchev–Trinajstić information content (AvgIpc) is 3.25. The van der Waals surface area contributed by atoms with Crippen molar-refractivity contribution in [1.82, 2.24) is 10.2 Å². The molecule has 2 aromatic rings. The molecule has 10 heteroatoms. The van der Waals surface area contributed by atoms with E-state index in [2.05, 4.69) is 5.32 Å². The number of hydrogen-bond acceptors (Lipinski definition) is 6. The fourth-order valence-electron chi connectivity index (χ4n) is 4.21. The van der Waals surface area contributed by atoms with Crippen LogP contribution in [0.3, 0.4) is 0 Å². The number of hydrogen-bond donors (Lipinski definition) is 1. The number of rotatable bonds is 9. The number of nitrogens with one attached hydrogen (secondary N) is 1. The Morgan fingerprint density at radius 1 is 1.17 bits per heavy atom. The average molecular weight is 500 g/mol. The highest BCUT2D eigenvalue weighted by atomic mass is 19.1. The summed E-state index contributed by atoms with van der Waals surface area (Å²) < 4.78 is 31.5. The number of cyclic esters (lactones) is 1. The summed E-state index contributed by atoms with van der Waals surface area (Å²) in [5.74, 6) is -0.905. The molecule has 2 aromatic carbocycles. The molecule has 2 atom stereocenters. The highest BCUT2D eigenvalue weighted by molar-refractivity contribution is 5.90. The Balaban J connectivity index is 1.28. The van der Waals surface area contributed by atoms with Crippen LogP contribution in [0.1, 0.15) is 25.3 Å². The molecule has 0 saturated carbocycles. The zero-order chi connectivity index (χ0) is 25.5. The molecule has 2 aliphatic heterocycles. The zero-order valence-corrected chi connectivity index (χ0v) is 20.2. The summed E-state index contributed by atoms with van der Waals surface area (Å²) in [5, 5.41) is 2.60. The number of ether oxygens (including phenoxy) is 3. The monoisotopic (exact) mass is 499 g/mol. The van der Waals surface area contributed by atoms with Crippen LogP contribution in [0.15, 0.2) is 48.5 Å². The number of halogens is 1. The van der Waals surface area contributed by atoms with Crippen molar-refractivity contribution in [2.45, 2.75) is 38.6 Å². The second-order valence-electron chi connectivity index (χ2n) is 8.87. The molecule has 2 aliphatic rings. The lowest BCUT2D eigenvalue weighted by Crippen LogP contribution is -2.45. The van der Waals surface area contributed by atoms with E-state index in [0.717, 1.165) is 12.0 Å². The van der Waals surface area contributed by atoms with Crippen LogP contribution < -0.4 is 15.0 Å². The van der Waals surface area contributed by atoms with Crippen LogP contribution >= 0.6 is 0 Å². The summed E-state index contributed by atoms with van der Waals surface area (Å²) in [6.07, 6.45) is -0.0310. The van der Waals surface area contributed by atoms with Gasteiger partial charge in [0.2, 0.25) is 11.8 Å². The van der Waals surface area contributed by atoms with Gasteiger partial charge in [0.15, 0.2) is 11.6 Å². The van der Waals surface area contributed by atoms with E-state index in [1.54, 1.807) is 11.0 Å². The number of benzene rings is 2. The second kappa shape index (κ2) is 11.9. The third kappa shape index (κ3) is 6.72. The maximum Gasteiger partial charge on any atom is 0.414 e. The van der Waals surface area contributed by atoms with Gasteiger partial charge < -0.3 is 24.4 Å². The van der Waals surface area contributed by atoms with Crippen LogP contribution in [0.2, 0.25) is 0 Å². The van der Waals surface area contributed by atoms with Crippen molar-refractivity contribution in [1.29, 1.82) is 0 Å². The quantitative estimate of drug-likeness (QED) is 0.570. The lowest BCUT2D eigenvalue weighted by Gasteiger charge is -2.33. The first-order chi connectivity index (χ1) is 17.4. The molecule has 4 rings (SSSR count). The number of anilines is 1. The minimum atomic E-state index is -0.611. The lowest BCUT2D eigenvalue weighted by molar-refractivity contribution is -0.139. The smallest absolute Gasteiger partial charge is 0.414 e. The van der Waals surface area contributed by atoms with Crippen LogP contribution in [0, 0.1) is 5.82 Å². The van der Waals surface area contributed by atoms with Gasteiger partial charge in [0.05, 0.1) is 31.9 Å². The van der Waals surface area contributed by atoms with E-state index >= 15 is 0 Å². The standard InChI is InChI=1S/C26H30FN3O6/c1-18(31)28-13-22-15-30(26(33)36-22)20-9-10-24(23(27)12-20)35-21-8-5-11-29(14-21)25(32)17-34-16-19-6-3-2-4-7-19/h2-4,6-7,9-10,12,21-22H,5,8,11,13-17H2,1H3,(H,28,31)/t21?,22-/m0/s1. The Hall–Kier alpha value is -3.66. The minimum absolute atomic E-state index is 0.0282. The van der Waals surface area contributed by atoms with Crippen LogP contribution in [0.5, 0.6) is 5.75 Å². The fourth-order valence-corrected chi connectivity index (χ4v) is 4.21. The van der Waals surface area contributed by atoms with Gasteiger partial charge in [0, 0.05) is 19.5 Å². The number of carbonyl (C=O) groups excluding carboxylic acids is 3. The van der Waals surface area contributed by atoms with Crippen molar-refractivity contribution in [3.05, 3.63) is 59.9 Å². The molecule has 0 radical (unpaired) electrons. The van der Waals surface area contributed by atoms with Gasteiger partial charge in [-0.3, -0.25) is 14.5 Å². The van der Waals surface area contributed by atoms with Gasteiger partial charge in [-0.25, -0.2) is 9.18 Å². The van der Waals surface area contributed by atoms with E-state index in [4.69, 9.17) is 14.2 Å². The van der Waals surface area contributed by atoms with Gasteiger partial charge >= 0.3 is 6.09 Å². The Morgan fingerprint density at radius 3 is 2.72 bits per heavy atom. The molecule has 1 unspecified atom stereocenters. The predicted molar refractivity (Wildman–Crippen MR) is 129 cm³/mol. The summed E-state index contributed by atoms with van der Waals surface area (Å²) in [6.45, 7) is 3.05. The van der Waals surface area contributed by atoms with Gasteiger partial charge in [-0.1, -0.05) is 30.3 Å². The molecule has 0 aliphatic carbocycles. The predicted octanol–water partition coefficient (Wildman–Crippen LogP) is 2.87. The Morgan fingerprint density at radius 2 is 1.97 bits per heavy atom. The normalized spacial score (nSPS) is 19.7. The van der Waals surface area contributed by atoms with Crippen LogP contribution in [0.25, 0.3) is 0 Å². The Labute approximate surface area is 209 Å². The zero-order valence-electron chi connectivity index (χ0n) is 20.2. The van der Waals surface area contributed by atoms with Gasteiger partial charge in [-0.05, 0) is 30.5 Å². The van der Waals surface area contributed by atoms with E-state index < -0.39 is 18.0 Å². The number of amides is 3. The summed E-state index contributed by atoms with van der Waals surface area (Å²) in [7, 11) is 0. The van der Waals surface area contributed by atoms with Crippen molar-refractivity contribution in [2.24, 2.45) is 0 Å². The second-order valence-corrected chi connectivity index (χ2v) is 8.87. The Bertz CT molecular complexity index is 1080. The molecule has 2 saturated heterocycles. The summed E-state index contributed by atoms with van der Waals surface area (Å²) in [4.78, 5) is 38.8. The molecular weight excluding hydrogens is 469 g/mol. The van der Waals surface area contributed by atoms with Crippen molar-refractivity contribution >= 4 is 23.6 Å². The molecule has 2 fully saturated rings. The van der Waals surface area contributed by atoms with E-state index in [1.807, 2.05) is 30.3 Å². The van der Waals surface area contributed by atoms with Crippen molar-refractivity contribution < 1.29 is 33.0 Å². The van der Waals surface area contributed by atoms with E-state index in [9.17, 15) is 18.8 Å². The molecule has 3 amide bonds. The SMILES string of the molecule is CC(=O)NC[C@H]1CN(c2ccc(OC3CCCN(C(=O)COCc4ccccc4)C3)c(F)c2)C(=O)O1. The van der Waals surface area contributed by atoms with Crippen LogP contribution in [0.4, 0.5) is 14.9 Å². The Kier molecular flexibility index (Phi) is 8.37. The first-order valence-corrected chi connectivity index (χ1v) is 12.0. The minimum Gasteiger partial charge on any atom is -0.486 e. The summed E-state index contributed by atoms with van der Waals surface area (Å²) in [5.41, 5.74) is 1.33. The summed E-state index contributed by atoms with van der Waals surface area (Å²) >= 11 is 0. The third-order valence-corrected chi connectivity index (χ3v) is 6.04. The van der Waals surface area contributed by atoms with Crippen molar-refractivity contribution in [3.8, 4) is 5.75 Å². The van der Waals surface area contributed by atoms with Gasteiger partial charge in [0.1, 0.15) is 18.8 Å². The largest absolute Gasteiger partial charge is 0.486 e. The fraction of sp³-hybridized carbons (Fsp3) is 0.423. The van der Waals surface area contributed by atoms with Crippen LogP contribution in [-0.4, -0.2) is 67.8 Å². The maximum absolute atomic E-state index is 14.9. The first kappa shape index (κ1) is 25.4. The molecular formula is C26H30FN3O6. The topological polar surface area (TPSA) is 97.4 Å². The molecule has 192 valence electrons. The highest BCUT2D eigenvalue weighted by Crippen LogP contribution is 2.28. The number of carbonyl (C=O) groups is 3. The number of piperidine rings is 1. The molecule has 9 nitrogen and oxygen atoms in total. The molecule has 1 N–H and O–H groups in total. The van der Waals surface area contributed by atoms with E-state index in [0.29, 0.717) is 31.8 Å². The maximum atomic E-state index is 14.9. The van der Waals surface area contributed by atoms with Gasteiger partial charge in [-0.2, -0.15) is 0 Å². The molecule has 36 heavy (non-hydrogen) atoms. The molecule has 0 bridgehead atoms. The van der Waals surface area contributed by atoms with Crippen LogP contribution in [-0.2, 0) is 25.7 Å². The summed E-state index contributed by atoms with van der Waals surface area (Å²) in [6, 6.07) is 13.9. The highest BCUT2D eigenvalue weighted by Gasteiger charge is 2.33. The molecule has 2 heterocycles. The van der Waals surface area contributed by atoms with E-state index in [1.165, 1.54) is 24.0 Å². The van der Waals surface area contributed by atoms with Crippen molar-refractivity contribution in [3.63, 3.8) is 0 Å². The first-order valence-electron chi connectivity index (χ1n) is 12.0. The van der Waals surface area contributed by atoms with Crippen molar-refractivity contribution in [2.75, 3.05) is 37.7 Å². The van der Waals surface area contributed by atoms with Gasteiger partial charge in [0.25, 0.3) is 0 Å². The van der Waals surface area contributed by atoms with Gasteiger partial charge in [-0.15, -0.1) is 0 Å². The number of likely N-dealkylation sites (tertiary alicyclic amines) is 1.